The van der Waals surface area contributed by atoms with Crippen LogP contribution < -0.4 is 0 Å². The van der Waals surface area contributed by atoms with E-state index in [1.54, 1.807) is 0 Å². The maximum Gasteiger partial charge on any atom is 0.0697 e. The van der Waals surface area contributed by atoms with Gasteiger partial charge in [-0.05, 0) is 38.6 Å². The highest BCUT2D eigenvalue weighted by molar-refractivity contribution is 6.30. The number of halogens is 1. The number of hydrogen-bond acceptors (Lipinski definition) is 2. The first-order valence-corrected chi connectivity index (χ1v) is 5.65. The molecule has 1 aromatic carbocycles. The van der Waals surface area contributed by atoms with Crippen molar-refractivity contribution < 1.29 is 0 Å². The number of rotatable bonds is 4. The number of hydrogen-bond donors (Lipinski definition) is 0. The molecule has 0 aliphatic carbocycles. The van der Waals surface area contributed by atoms with Crippen LogP contribution in [0, 0.1) is 16.7 Å². The van der Waals surface area contributed by atoms with Crippen molar-refractivity contribution in [1.82, 2.24) is 4.90 Å². The van der Waals surface area contributed by atoms with Crippen LogP contribution in [0.15, 0.2) is 24.3 Å². The first kappa shape index (κ1) is 13.0. The van der Waals surface area contributed by atoms with Gasteiger partial charge in [-0.3, -0.25) is 0 Å². The molecular weight excluding hydrogens is 220 g/mol. The van der Waals surface area contributed by atoms with E-state index in [0.717, 1.165) is 18.1 Å². The molecule has 0 aliphatic heterocycles. The Morgan fingerprint density at radius 2 is 1.88 bits per heavy atom. The smallest absolute Gasteiger partial charge is 0.0697 e. The molecular formula is C13H17ClN2. The van der Waals surface area contributed by atoms with Crippen LogP contribution >= 0.6 is 11.6 Å². The zero-order chi connectivity index (χ0) is 12.2. The number of nitriles is 1. The Bertz CT molecular complexity index is 376. The molecule has 1 aromatic rings. The van der Waals surface area contributed by atoms with Gasteiger partial charge in [0.15, 0.2) is 0 Å². The molecule has 86 valence electrons. The highest BCUT2D eigenvalue weighted by Crippen LogP contribution is 2.16. The lowest BCUT2D eigenvalue weighted by atomic mass is 9.95. The van der Waals surface area contributed by atoms with E-state index in [-0.39, 0.29) is 5.41 Å². The third-order valence-electron chi connectivity index (χ3n) is 2.33. The van der Waals surface area contributed by atoms with Gasteiger partial charge in [-0.15, -0.1) is 0 Å². The van der Waals surface area contributed by atoms with E-state index in [9.17, 15) is 0 Å². The van der Waals surface area contributed by atoms with Gasteiger partial charge < -0.3 is 4.90 Å². The monoisotopic (exact) mass is 236 g/mol. The lowest BCUT2D eigenvalue weighted by Gasteiger charge is -2.24. The molecule has 0 spiro atoms. The second-order valence-electron chi connectivity index (χ2n) is 4.79. The van der Waals surface area contributed by atoms with Gasteiger partial charge in [0, 0.05) is 18.1 Å². The first-order chi connectivity index (χ1) is 7.43. The molecule has 2 nitrogen and oxygen atoms in total. The van der Waals surface area contributed by atoms with Crippen LogP contribution in [0.2, 0.25) is 5.02 Å². The van der Waals surface area contributed by atoms with Crippen molar-refractivity contribution in [1.29, 1.82) is 5.26 Å². The molecule has 0 fully saturated rings. The van der Waals surface area contributed by atoms with E-state index in [0.29, 0.717) is 0 Å². The van der Waals surface area contributed by atoms with Gasteiger partial charge in [-0.2, -0.15) is 5.26 Å². The lowest BCUT2D eigenvalue weighted by Crippen LogP contribution is -2.29. The summed E-state index contributed by atoms with van der Waals surface area (Å²) in [6.45, 7) is 5.49. The fourth-order valence-corrected chi connectivity index (χ4v) is 1.79. The molecule has 0 aromatic heterocycles. The van der Waals surface area contributed by atoms with E-state index >= 15 is 0 Å². The highest BCUT2D eigenvalue weighted by atomic mass is 35.5. The summed E-state index contributed by atoms with van der Waals surface area (Å²) in [5.74, 6) is 0. The normalized spacial score (nSPS) is 11.5. The predicted molar refractivity (Wildman–Crippen MR) is 67.2 cm³/mol. The predicted octanol–water partition coefficient (Wildman–Crippen LogP) is 3.32. The minimum absolute atomic E-state index is 0.304. The topological polar surface area (TPSA) is 27.0 Å². The molecule has 3 heteroatoms. The van der Waals surface area contributed by atoms with Crippen LogP contribution in [0.4, 0.5) is 0 Å². The maximum absolute atomic E-state index is 8.95. The standard InChI is InChI=1S/C13H17ClN2/c1-13(2,9-15)10-16(3)8-11-4-6-12(14)7-5-11/h4-7H,8,10H2,1-3H3. The Morgan fingerprint density at radius 1 is 1.31 bits per heavy atom. The van der Waals surface area contributed by atoms with E-state index in [4.69, 9.17) is 16.9 Å². The minimum Gasteiger partial charge on any atom is -0.301 e. The molecule has 0 heterocycles. The van der Waals surface area contributed by atoms with Crippen LogP contribution in [0.1, 0.15) is 19.4 Å². The summed E-state index contributed by atoms with van der Waals surface area (Å²) in [5, 5.41) is 9.70. The Morgan fingerprint density at radius 3 is 2.38 bits per heavy atom. The molecule has 0 saturated carbocycles. The van der Waals surface area contributed by atoms with Gasteiger partial charge in [-0.1, -0.05) is 23.7 Å². The van der Waals surface area contributed by atoms with Crippen molar-refractivity contribution in [2.45, 2.75) is 20.4 Å². The average molecular weight is 237 g/mol. The molecule has 0 unspecified atom stereocenters. The van der Waals surface area contributed by atoms with Crippen LogP contribution in [-0.2, 0) is 6.54 Å². The van der Waals surface area contributed by atoms with Crippen molar-refractivity contribution in [2.75, 3.05) is 13.6 Å². The highest BCUT2D eigenvalue weighted by Gasteiger charge is 2.18. The molecule has 0 N–H and O–H groups in total. The summed E-state index contributed by atoms with van der Waals surface area (Å²) in [5.41, 5.74) is 0.905. The number of nitrogens with zero attached hydrogens (tertiary/aromatic N) is 2. The van der Waals surface area contributed by atoms with Gasteiger partial charge in [0.05, 0.1) is 11.5 Å². The third kappa shape index (κ3) is 4.22. The van der Waals surface area contributed by atoms with Crippen molar-refractivity contribution in [3.05, 3.63) is 34.9 Å². The quantitative estimate of drug-likeness (QED) is 0.802. The van der Waals surface area contributed by atoms with E-state index in [1.165, 1.54) is 5.56 Å². The minimum atomic E-state index is -0.304. The van der Waals surface area contributed by atoms with Gasteiger partial charge in [0.1, 0.15) is 0 Å². The molecule has 0 aliphatic rings. The third-order valence-corrected chi connectivity index (χ3v) is 2.59. The average Bonchev–Trinajstić information content (AvgIpc) is 2.21. The van der Waals surface area contributed by atoms with Gasteiger partial charge >= 0.3 is 0 Å². The summed E-state index contributed by atoms with van der Waals surface area (Å²) in [4.78, 5) is 2.15. The molecule has 0 atom stereocenters. The second-order valence-corrected chi connectivity index (χ2v) is 5.23. The van der Waals surface area contributed by atoms with E-state index < -0.39 is 0 Å². The van der Waals surface area contributed by atoms with E-state index in [1.807, 2.05) is 45.2 Å². The second kappa shape index (κ2) is 5.34. The van der Waals surface area contributed by atoms with Crippen molar-refractivity contribution >= 4 is 11.6 Å². The fraction of sp³-hybridized carbons (Fsp3) is 0.462. The van der Waals surface area contributed by atoms with Gasteiger partial charge in [0.2, 0.25) is 0 Å². The van der Waals surface area contributed by atoms with Crippen molar-refractivity contribution in [2.24, 2.45) is 5.41 Å². The Balaban J connectivity index is 2.55. The summed E-state index contributed by atoms with van der Waals surface area (Å²) >= 11 is 5.82. The molecule has 0 amide bonds. The molecule has 0 radical (unpaired) electrons. The maximum atomic E-state index is 8.95. The summed E-state index contributed by atoms with van der Waals surface area (Å²) in [6.07, 6.45) is 0. The Labute approximate surface area is 102 Å². The zero-order valence-electron chi connectivity index (χ0n) is 10.00. The lowest BCUT2D eigenvalue weighted by molar-refractivity contribution is 0.249. The van der Waals surface area contributed by atoms with E-state index in [2.05, 4.69) is 11.0 Å². The van der Waals surface area contributed by atoms with Crippen LogP contribution in [0.5, 0.6) is 0 Å². The van der Waals surface area contributed by atoms with Gasteiger partial charge in [-0.25, -0.2) is 0 Å². The Kier molecular flexibility index (Phi) is 4.35. The van der Waals surface area contributed by atoms with Crippen molar-refractivity contribution in [3.63, 3.8) is 0 Å². The Hall–Kier alpha value is -1.04. The molecule has 0 saturated heterocycles. The molecule has 16 heavy (non-hydrogen) atoms. The molecule has 1 rings (SSSR count). The summed E-state index contributed by atoms with van der Waals surface area (Å²) in [6, 6.07) is 10.1. The van der Waals surface area contributed by atoms with Gasteiger partial charge in [0.25, 0.3) is 0 Å². The van der Waals surface area contributed by atoms with Crippen LogP contribution in [0.25, 0.3) is 0 Å². The summed E-state index contributed by atoms with van der Waals surface area (Å²) in [7, 11) is 2.02. The van der Waals surface area contributed by atoms with Crippen LogP contribution in [-0.4, -0.2) is 18.5 Å². The zero-order valence-corrected chi connectivity index (χ0v) is 10.8. The number of benzene rings is 1. The SMILES string of the molecule is CN(Cc1ccc(Cl)cc1)CC(C)(C)C#N. The first-order valence-electron chi connectivity index (χ1n) is 5.27. The summed E-state index contributed by atoms with van der Waals surface area (Å²) < 4.78 is 0. The fourth-order valence-electron chi connectivity index (χ4n) is 1.67. The molecule has 0 bridgehead atoms. The van der Waals surface area contributed by atoms with Crippen molar-refractivity contribution in [3.8, 4) is 6.07 Å². The van der Waals surface area contributed by atoms with Crippen LogP contribution in [0.3, 0.4) is 0 Å². The largest absolute Gasteiger partial charge is 0.301 e.